The molecule has 1 aliphatic carbocycles. The summed E-state index contributed by atoms with van der Waals surface area (Å²) in [5.41, 5.74) is 1.38. The number of imidazole rings is 1. The van der Waals surface area contributed by atoms with E-state index in [1.807, 2.05) is 25.3 Å². The molecular weight excluding hydrogens is 358 g/mol. The minimum Gasteiger partial charge on any atom is -0.463 e. The molecule has 1 aromatic heterocycles. The van der Waals surface area contributed by atoms with Crippen LogP contribution in [0.5, 0.6) is 0 Å². The van der Waals surface area contributed by atoms with E-state index in [1.54, 1.807) is 19.4 Å². The van der Waals surface area contributed by atoms with Gasteiger partial charge in [-0.3, -0.25) is 4.79 Å². The second kappa shape index (κ2) is 9.34. The Labute approximate surface area is 166 Å². The Kier molecular flexibility index (Phi) is 6.85. The quantitative estimate of drug-likeness (QED) is 0.778. The number of likely N-dealkylation sites (N-methyl/N-ethyl adjacent to an activating group) is 1. The van der Waals surface area contributed by atoms with Crippen molar-refractivity contribution in [3.8, 4) is 0 Å². The number of rotatable bonds is 5. The van der Waals surface area contributed by atoms with E-state index in [-0.39, 0.29) is 24.1 Å². The van der Waals surface area contributed by atoms with Gasteiger partial charge in [-0.15, -0.1) is 0 Å². The molecule has 2 heterocycles. The van der Waals surface area contributed by atoms with Crippen LogP contribution in [0, 0.1) is 0 Å². The Morgan fingerprint density at radius 1 is 1.18 bits per heavy atom. The molecule has 1 aliphatic heterocycles. The van der Waals surface area contributed by atoms with Gasteiger partial charge in [0.2, 0.25) is 5.91 Å². The number of hydrogen-bond donors (Lipinski definition) is 1. The second-order valence-corrected chi connectivity index (χ2v) is 7.46. The predicted octanol–water partition coefficient (Wildman–Crippen LogP) is 2.22. The van der Waals surface area contributed by atoms with Crippen LogP contribution in [0.25, 0.3) is 0 Å². The number of amides is 1. The lowest BCUT2D eigenvalue weighted by atomic mass is 10.0. The third-order valence-corrected chi connectivity index (χ3v) is 5.76. The molecule has 0 radical (unpaired) electrons. The van der Waals surface area contributed by atoms with Gasteiger partial charge in [-0.05, 0) is 45.4 Å². The van der Waals surface area contributed by atoms with Crippen molar-refractivity contribution in [3.63, 3.8) is 0 Å². The molecule has 2 unspecified atom stereocenters. The zero-order valence-corrected chi connectivity index (χ0v) is 17.1. The first kappa shape index (κ1) is 20.5. The smallest absolute Gasteiger partial charge is 0.335 e. The van der Waals surface area contributed by atoms with E-state index >= 15 is 0 Å². The van der Waals surface area contributed by atoms with Gasteiger partial charge >= 0.3 is 5.97 Å². The van der Waals surface area contributed by atoms with Crippen LogP contribution < -0.4 is 5.32 Å². The number of allylic oxidation sites excluding steroid dienone is 1. The number of nitrogens with zero attached hydrogens (tertiary/aromatic N) is 4. The van der Waals surface area contributed by atoms with Gasteiger partial charge in [-0.1, -0.05) is 6.42 Å². The predicted molar refractivity (Wildman–Crippen MR) is 105 cm³/mol. The zero-order valence-electron chi connectivity index (χ0n) is 17.1. The Morgan fingerprint density at radius 3 is 2.68 bits per heavy atom. The van der Waals surface area contributed by atoms with Crippen molar-refractivity contribution >= 4 is 11.9 Å². The molecule has 8 heteroatoms. The van der Waals surface area contributed by atoms with Gasteiger partial charge in [0.1, 0.15) is 12.2 Å². The standard InChI is InChI=1S/C20H31N5O3/c1-4-28-20(27)15-8-6-5-7-9-16(15)22-19(26)17-10-11-18(24(3)23(17)2)25-13-12-21-14-25/h12-14,17-18H,4-11H2,1-3H3,(H,22,26). The molecule has 0 saturated carbocycles. The van der Waals surface area contributed by atoms with Gasteiger partial charge in [0.15, 0.2) is 0 Å². The van der Waals surface area contributed by atoms with Crippen molar-refractivity contribution in [3.05, 3.63) is 30.0 Å². The first-order valence-electron chi connectivity index (χ1n) is 10.2. The second-order valence-electron chi connectivity index (χ2n) is 7.46. The number of carbonyl (C=O) groups is 2. The Bertz CT molecular complexity index is 715. The Balaban J connectivity index is 1.71. The van der Waals surface area contributed by atoms with Crippen LogP contribution in [-0.2, 0) is 14.3 Å². The van der Waals surface area contributed by atoms with Crippen LogP contribution in [0.15, 0.2) is 30.0 Å². The summed E-state index contributed by atoms with van der Waals surface area (Å²) >= 11 is 0. The van der Waals surface area contributed by atoms with E-state index in [0.29, 0.717) is 25.0 Å². The van der Waals surface area contributed by atoms with Crippen molar-refractivity contribution in [2.24, 2.45) is 0 Å². The average molecular weight is 390 g/mol. The van der Waals surface area contributed by atoms with E-state index in [0.717, 1.165) is 37.8 Å². The summed E-state index contributed by atoms with van der Waals surface area (Å²) in [6, 6.07) is -0.274. The van der Waals surface area contributed by atoms with Crippen molar-refractivity contribution in [1.82, 2.24) is 24.9 Å². The van der Waals surface area contributed by atoms with Crippen LogP contribution in [0.3, 0.4) is 0 Å². The largest absolute Gasteiger partial charge is 0.463 e. The fraction of sp³-hybridized carbons (Fsp3) is 0.650. The number of esters is 1. The molecule has 1 aromatic rings. The van der Waals surface area contributed by atoms with Gasteiger partial charge in [0, 0.05) is 32.2 Å². The molecule has 1 saturated heterocycles. The van der Waals surface area contributed by atoms with Crippen molar-refractivity contribution in [2.75, 3.05) is 20.7 Å². The number of ether oxygens (including phenoxy) is 1. The van der Waals surface area contributed by atoms with Gasteiger partial charge in [-0.25, -0.2) is 19.8 Å². The molecule has 28 heavy (non-hydrogen) atoms. The molecule has 2 aliphatic rings. The normalized spacial score (nSPS) is 24.7. The summed E-state index contributed by atoms with van der Waals surface area (Å²) in [4.78, 5) is 29.5. The van der Waals surface area contributed by atoms with E-state index < -0.39 is 0 Å². The van der Waals surface area contributed by atoms with E-state index in [2.05, 4.69) is 19.9 Å². The lowest BCUT2D eigenvalue weighted by Gasteiger charge is -2.44. The third-order valence-electron chi connectivity index (χ3n) is 5.76. The van der Waals surface area contributed by atoms with Gasteiger partial charge < -0.3 is 14.6 Å². The Hall–Kier alpha value is -2.19. The van der Waals surface area contributed by atoms with Crippen LogP contribution in [0.4, 0.5) is 0 Å². The maximum absolute atomic E-state index is 13.1. The molecule has 1 N–H and O–H groups in total. The first-order chi connectivity index (χ1) is 13.5. The van der Waals surface area contributed by atoms with Crippen LogP contribution in [0.2, 0.25) is 0 Å². The highest BCUT2D eigenvalue weighted by Crippen LogP contribution is 2.29. The monoisotopic (exact) mass is 389 g/mol. The van der Waals surface area contributed by atoms with Crippen molar-refractivity contribution in [1.29, 1.82) is 0 Å². The fourth-order valence-corrected chi connectivity index (χ4v) is 4.09. The molecule has 3 rings (SSSR count). The average Bonchev–Trinajstić information content (AvgIpc) is 3.10. The molecule has 2 atom stereocenters. The van der Waals surface area contributed by atoms with E-state index in [1.165, 1.54) is 0 Å². The summed E-state index contributed by atoms with van der Waals surface area (Å²) in [5, 5.41) is 7.12. The Morgan fingerprint density at radius 2 is 1.96 bits per heavy atom. The molecular formula is C20H31N5O3. The van der Waals surface area contributed by atoms with Crippen LogP contribution in [-0.4, -0.2) is 58.2 Å². The zero-order chi connectivity index (χ0) is 20.1. The molecule has 8 nitrogen and oxygen atoms in total. The lowest BCUT2D eigenvalue weighted by molar-refractivity contribution is -0.148. The highest BCUT2D eigenvalue weighted by atomic mass is 16.5. The summed E-state index contributed by atoms with van der Waals surface area (Å²) < 4.78 is 7.27. The maximum Gasteiger partial charge on any atom is 0.335 e. The first-order valence-corrected chi connectivity index (χ1v) is 10.2. The SMILES string of the molecule is CCOC(=O)C1=C(NC(=O)C2CCC(n3ccnc3)N(C)N2C)CCCCC1. The minimum absolute atomic E-state index is 0.0582. The number of nitrogens with one attached hydrogen (secondary N) is 1. The van der Waals surface area contributed by atoms with Gasteiger partial charge in [-0.2, -0.15) is 0 Å². The fourth-order valence-electron chi connectivity index (χ4n) is 4.09. The van der Waals surface area contributed by atoms with Crippen molar-refractivity contribution in [2.45, 2.75) is 64.1 Å². The molecule has 1 fully saturated rings. The minimum atomic E-state index is -0.297. The number of aromatic nitrogens is 2. The highest BCUT2D eigenvalue weighted by molar-refractivity contribution is 5.91. The molecule has 1 amide bonds. The summed E-state index contributed by atoms with van der Waals surface area (Å²) in [5.74, 6) is -0.355. The molecule has 154 valence electrons. The third kappa shape index (κ3) is 4.44. The van der Waals surface area contributed by atoms with Gasteiger partial charge in [0.25, 0.3) is 0 Å². The van der Waals surface area contributed by atoms with Crippen molar-refractivity contribution < 1.29 is 14.3 Å². The lowest BCUT2D eigenvalue weighted by Crippen LogP contribution is -2.56. The molecule has 0 aromatic carbocycles. The van der Waals surface area contributed by atoms with Crippen LogP contribution >= 0.6 is 0 Å². The van der Waals surface area contributed by atoms with Crippen LogP contribution in [0.1, 0.15) is 58.0 Å². The highest BCUT2D eigenvalue weighted by Gasteiger charge is 2.36. The molecule has 0 bridgehead atoms. The topological polar surface area (TPSA) is 79.7 Å². The maximum atomic E-state index is 13.1. The molecule has 0 spiro atoms. The number of hydrazine groups is 1. The number of carbonyl (C=O) groups excluding carboxylic acids is 2. The van der Waals surface area contributed by atoms with Gasteiger partial charge in [0.05, 0.1) is 18.5 Å². The van der Waals surface area contributed by atoms with E-state index in [9.17, 15) is 9.59 Å². The summed E-state index contributed by atoms with van der Waals surface area (Å²) in [6.07, 6.45) is 11.6. The van der Waals surface area contributed by atoms with E-state index in [4.69, 9.17) is 4.74 Å². The number of hydrogen-bond acceptors (Lipinski definition) is 6. The summed E-state index contributed by atoms with van der Waals surface area (Å²) in [7, 11) is 3.92. The summed E-state index contributed by atoms with van der Waals surface area (Å²) in [6.45, 7) is 2.15.